The number of halogens is 1. The van der Waals surface area contributed by atoms with Gasteiger partial charge in [0.05, 0.1) is 16.5 Å². The lowest BCUT2D eigenvalue weighted by atomic mass is 9.82. The number of carbonyl (C=O) groups is 2. The van der Waals surface area contributed by atoms with Crippen molar-refractivity contribution in [1.82, 2.24) is 4.90 Å². The molecule has 2 amide bonds. The van der Waals surface area contributed by atoms with E-state index in [1.54, 1.807) is 4.90 Å². The van der Waals surface area contributed by atoms with E-state index in [-0.39, 0.29) is 11.8 Å². The summed E-state index contributed by atoms with van der Waals surface area (Å²) in [6.07, 6.45) is 5.06. The summed E-state index contributed by atoms with van der Waals surface area (Å²) in [4.78, 5) is 27.2. The summed E-state index contributed by atoms with van der Waals surface area (Å²) in [5.41, 5.74) is 2.21. The van der Waals surface area contributed by atoms with Gasteiger partial charge in [-0.05, 0) is 58.6 Å². The summed E-state index contributed by atoms with van der Waals surface area (Å²) in [7, 11) is 0. The molecule has 2 heterocycles. The Kier molecular flexibility index (Phi) is 6.14. The number of fused-ring (bicyclic) bond motifs is 1. The number of ether oxygens (including phenoxy) is 1. The van der Waals surface area contributed by atoms with Crippen LogP contribution in [0.5, 0.6) is 5.75 Å². The number of carbonyl (C=O) groups excluding carboxylic acids is 2. The van der Waals surface area contributed by atoms with Crippen LogP contribution in [0.2, 0.25) is 0 Å². The van der Waals surface area contributed by atoms with Crippen molar-refractivity contribution in [2.45, 2.75) is 51.0 Å². The highest BCUT2D eigenvalue weighted by Gasteiger charge is 2.44. The molecule has 4 rings (SSSR count). The molecule has 6 heteroatoms. The molecule has 1 spiro atoms. The Balaban J connectivity index is 1.36. The number of anilines is 1. The maximum Gasteiger partial charge on any atom is 0.321 e. The fraction of sp³-hybridized carbons (Fsp3) is 0.417. The monoisotopic (exact) mass is 470 g/mol. The van der Waals surface area contributed by atoms with Gasteiger partial charge in [0.25, 0.3) is 0 Å². The van der Waals surface area contributed by atoms with Gasteiger partial charge in [-0.3, -0.25) is 4.79 Å². The van der Waals surface area contributed by atoms with Gasteiger partial charge in [-0.15, -0.1) is 0 Å². The summed E-state index contributed by atoms with van der Waals surface area (Å²) in [5.74, 6) is 0.744. The van der Waals surface area contributed by atoms with Crippen LogP contribution in [0.1, 0.15) is 54.9 Å². The lowest BCUT2D eigenvalue weighted by molar-refractivity contribution is -0.000188. The van der Waals surface area contributed by atoms with Crippen LogP contribution in [0.3, 0.4) is 0 Å². The van der Waals surface area contributed by atoms with E-state index in [2.05, 4.69) is 40.3 Å². The molecule has 0 aromatic heterocycles. The maximum absolute atomic E-state index is 12.7. The van der Waals surface area contributed by atoms with Crippen molar-refractivity contribution in [3.8, 4) is 5.75 Å². The third kappa shape index (κ3) is 4.38. The van der Waals surface area contributed by atoms with E-state index < -0.39 is 5.60 Å². The molecule has 1 saturated heterocycles. The number of piperidine rings is 1. The molecule has 0 unspecified atom stereocenters. The van der Waals surface area contributed by atoms with Gasteiger partial charge in [-0.25, -0.2) is 4.79 Å². The minimum Gasteiger partial charge on any atom is -0.485 e. The van der Waals surface area contributed by atoms with E-state index in [0.717, 1.165) is 16.6 Å². The highest BCUT2D eigenvalue weighted by molar-refractivity contribution is 9.10. The van der Waals surface area contributed by atoms with Crippen molar-refractivity contribution >= 4 is 33.4 Å². The number of urea groups is 1. The number of benzene rings is 2. The average molecular weight is 471 g/mol. The highest BCUT2D eigenvalue weighted by Crippen LogP contribution is 2.42. The first-order chi connectivity index (χ1) is 14.5. The summed E-state index contributed by atoms with van der Waals surface area (Å²) in [6.45, 7) is 3.31. The van der Waals surface area contributed by atoms with Crippen LogP contribution >= 0.6 is 15.9 Å². The van der Waals surface area contributed by atoms with Gasteiger partial charge in [0.1, 0.15) is 11.4 Å². The number of ketones is 1. The number of Topliss-reactive ketones (excluding diaryl/α,β-unsaturated/α-hetero) is 1. The molecular weight excluding hydrogens is 444 g/mol. The Labute approximate surface area is 185 Å². The highest BCUT2D eigenvalue weighted by atomic mass is 79.9. The number of aryl methyl sites for hydroxylation is 1. The number of hydrogen-bond donors (Lipinski definition) is 1. The SMILES string of the molecule is CCCCc1ccc(NC(=O)N2CCC3(CC2)CC(=O)c2cccc(Br)c2O3)cc1. The van der Waals surface area contributed by atoms with Crippen LogP contribution in [0.4, 0.5) is 10.5 Å². The molecule has 30 heavy (non-hydrogen) atoms. The molecule has 2 aliphatic rings. The molecule has 0 atom stereocenters. The summed E-state index contributed by atoms with van der Waals surface area (Å²) in [5, 5.41) is 2.99. The quantitative estimate of drug-likeness (QED) is 0.611. The number of hydrogen-bond acceptors (Lipinski definition) is 3. The number of rotatable bonds is 4. The standard InChI is InChI=1S/C24H27BrN2O3/c1-2-3-5-17-8-10-18(11-9-17)26-23(29)27-14-12-24(13-15-27)16-21(28)19-6-4-7-20(25)22(19)30-24/h4,6-11H,2-3,5,12-16H2,1H3,(H,26,29). The normalized spacial score (nSPS) is 17.4. The Bertz CT molecular complexity index is 934. The van der Waals surface area contributed by atoms with Gasteiger partial charge >= 0.3 is 6.03 Å². The molecule has 2 aliphatic heterocycles. The van der Waals surface area contributed by atoms with Gasteiger partial charge in [0.15, 0.2) is 5.78 Å². The molecule has 158 valence electrons. The topological polar surface area (TPSA) is 58.6 Å². The summed E-state index contributed by atoms with van der Waals surface area (Å²) >= 11 is 3.50. The van der Waals surface area contributed by atoms with E-state index in [0.29, 0.717) is 43.7 Å². The zero-order valence-corrected chi connectivity index (χ0v) is 18.8. The fourth-order valence-electron chi connectivity index (χ4n) is 4.21. The molecule has 5 nitrogen and oxygen atoms in total. The van der Waals surface area contributed by atoms with E-state index >= 15 is 0 Å². The zero-order valence-electron chi connectivity index (χ0n) is 17.2. The molecular formula is C24H27BrN2O3. The van der Waals surface area contributed by atoms with E-state index in [1.807, 2.05) is 30.3 Å². The van der Waals surface area contributed by atoms with Crippen molar-refractivity contribution in [1.29, 1.82) is 0 Å². The van der Waals surface area contributed by atoms with Crippen molar-refractivity contribution in [3.63, 3.8) is 0 Å². The lowest BCUT2D eigenvalue weighted by Crippen LogP contribution is -2.53. The van der Waals surface area contributed by atoms with Crippen LogP contribution in [0.25, 0.3) is 0 Å². The van der Waals surface area contributed by atoms with Gasteiger partial charge in [-0.1, -0.05) is 31.5 Å². The lowest BCUT2D eigenvalue weighted by Gasteiger charge is -2.44. The number of para-hydroxylation sites is 1. The largest absolute Gasteiger partial charge is 0.485 e. The summed E-state index contributed by atoms with van der Waals surface area (Å²) in [6, 6.07) is 13.5. The first-order valence-electron chi connectivity index (χ1n) is 10.7. The molecule has 2 aromatic rings. The van der Waals surface area contributed by atoms with Gasteiger partial charge in [-0.2, -0.15) is 0 Å². The van der Waals surface area contributed by atoms with E-state index in [9.17, 15) is 9.59 Å². The number of likely N-dealkylation sites (tertiary alicyclic amines) is 1. The van der Waals surface area contributed by atoms with E-state index in [1.165, 1.54) is 18.4 Å². The Morgan fingerprint density at radius 3 is 2.60 bits per heavy atom. The Hall–Kier alpha value is -2.34. The molecule has 0 bridgehead atoms. The number of unbranched alkanes of at least 4 members (excludes halogenated alkanes) is 1. The molecule has 0 aliphatic carbocycles. The second-order valence-corrected chi connectivity index (χ2v) is 9.07. The van der Waals surface area contributed by atoms with Crippen LogP contribution < -0.4 is 10.1 Å². The first kappa shape index (κ1) is 20.9. The number of amides is 2. The number of nitrogens with zero attached hydrogens (tertiary/aromatic N) is 1. The Morgan fingerprint density at radius 2 is 1.90 bits per heavy atom. The fourth-order valence-corrected chi connectivity index (χ4v) is 4.65. The molecule has 0 saturated carbocycles. The second-order valence-electron chi connectivity index (χ2n) is 8.22. The minimum absolute atomic E-state index is 0.102. The second kappa shape index (κ2) is 8.80. The van der Waals surface area contributed by atoms with Gasteiger partial charge in [0.2, 0.25) is 0 Å². The predicted molar refractivity (Wildman–Crippen MR) is 121 cm³/mol. The number of nitrogens with one attached hydrogen (secondary N) is 1. The third-order valence-corrected chi connectivity index (χ3v) is 6.68. The molecule has 2 aromatic carbocycles. The van der Waals surface area contributed by atoms with E-state index in [4.69, 9.17) is 4.74 Å². The van der Waals surface area contributed by atoms with Crippen molar-refractivity contribution in [3.05, 3.63) is 58.1 Å². The third-order valence-electron chi connectivity index (χ3n) is 6.05. The Morgan fingerprint density at radius 1 is 1.17 bits per heavy atom. The van der Waals surface area contributed by atoms with Crippen molar-refractivity contribution < 1.29 is 14.3 Å². The van der Waals surface area contributed by atoms with Crippen LogP contribution in [0, 0.1) is 0 Å². The summed E-state index contributed by atoms with van der Waals surface area (Å²) < 4.78 is 7.13. The zero-order chi connectivity index (χ0) is 21.1. The first-order valence-corrected chi connectivity index (χ1v) is 11.4. The van der Waals surface area contributed by atoms with Crippen LogP contribution in [-0.4, -0.2) is 35.4 Å². The average Bonchev–Trinajstić information content (AvgIpc) is 2.75. The molecule has 0 radical (unpaired) electrons. The van der Waals surface area contributed by atoms with Crippen LogP contribution in [0.15, 0.2) is 46.9 Å². The predicted octanol–water partition coefficient (Wildman–Crippen LogP) is 5.82. The van der Waals surface area contributed by atoms with Crippen molar-refractivity contribution in [2.24, 2.45) is 0 Å². The van der Waals surface area contributed by atoms with Gasteiger partial charge < -0.3 is 15.0 Å². The van der Waals surface area contributed by atoms with Crippen LogP contribution in [-0.2, 0) is 6.42 Å². The smallest absolute Gasteiger partial charge is 0.321 e. The van der Waals surface area contributed by atoms with Gasteiger partial charge in [0, 0.05) is 31.6 Å². The molecule has 1 N–H and O–H groups in total. The molecule has 1 fully saturated rings. The maximum atomic E-state index is 12.7. The minimum atomic E-state index is -0.522. The van der Waals surface area contributed by atoms with Crippen molar-refractivity contribution in [2.75, 3.05) is 18.4 Å².